The quantitative estimate of drug-likeness (QED) is 0.793. The van der Waals surface area contributed by atoms with Gasteiger partial charge in [0, 0.05) is 27.0 Å². The fraction of sp³-hybridized carbons (Fsp3) is 0.200. The molecule has 3 N–H and O–H groups in total. The number of rotatable bonds is 4. The molecule has 0 spiro atoms. The van der Waals surface area contributed by atoms with E-state index in [0.29, 0.717) is 25.6 Å². The van der Waals surface area contributed by atoms with E-state index in [4.69, 9.17) is 28.9 Å². The average molecular weight is 393 g/mol. The minimum atomic E-state index is -0.987. The monoisotopic (exact) mass is 391 g/mol. The lowest BCUT2D eigenvalue weighted by Crippen LogP contribution is -2.21. The van der Waals surface area contributed by atoms with Gasteiger partial charge in [-0.25, -0.2) is 4.39 Å². The van der Waals surface area contributed by atoms with Crippen molar-refractivity contribution < 1.29 is 9.50 Å². The molecule has 0 bridgehead atoms. The standard InChI is InChI=1S/C15H13BrCl2FNO/c16-13-4-2-9(19)6-11(13)15(21)12(7-20)10-3-1-8(17)5-14(10)18/h1-6,12,15,21H,7,20H2. The van der Waals surface area contributed by atoms with Crippen LogP contribution in [0.4, 0.5) is 4.39 Å². The molecule has 2 unspecified atom stereocenters. The van der Waals surface area contributed by atoms with Crippen molar-refractivity contribution in [3.05, 3.63) is 67.9 Å². The Kier molecular flexibility index (Phi) is 5.63. The summed E-state index contributed by atoms with van der Waals surface area (Å²) < 4.78 is 14.0. The third-order valence-corrected chi connectivity index (χ3v) is 4.56. The number of halogens is 4. The summed E-state index contributed by atoms with van der Waals surface area (Å²) in [6.45, 7) is 0.158. The molecule has 0 aliphatic heterocycles. The first-order valence-electron chi connectivity index (χ1n) is 6.22. The van der Waals surface area contributed by atoms with Crippen LogP contribution in [0.2, 0.25) is 10.0 Å². The summed E-state index contributed by atoms with van der Waals surface area (Å²) >= 11 is 15.4. The predicted octanol–water partition coefficient (Wildman–Crippen LogP) is 4.67. The number of aliphatic hydroxyl groups is 1. The highest BCUT2D eigenvalue weighted by Crippen LogP contribution is 2.37. The van der Waals surface area contributed by atoms with Crippen LogP contribution in [-0.2, 0) is 0 Å². The Morgan fingerprint density at radius 1 is 1.14 bits per heavy atom. The third-order valence-electron chi connectivity index (χ3n) is 3.27. The topological polar surface area (TPSA) is 46.2 Å². The maximum Gasteiger partial charge on any atom is 0.123 e. The van der Waals surface area contributed by atoms with Gasteiger partial charge in [-0.05, 0) is 41.5 Å². The summed E-state index contributed by atoms with van der Waals surface area (Å²) in [6.07, 6.45) is -0.987. The first-order valence-corrected chi connectivity index (χ1v) is 7.77. The summed E-state index contributed by atoms with van der Waals surface area (Å²) in [7, 11) is 0. The van der Waals surface area contributed by atoms with E-state index in [2.05, 4.69) is 15.9 Å². The highest BCUT2D eigenvalue weighted by atomic mass is 79.9. The van der Waals surface area contributed by atoms with Gasteiger partial charge in [0.15, 0.2) is 0 Å². The average Bonchev–Trinajstić information content (AvgIpc) is 2.44. The van der Waals surface area contributed by atoms with Gasteiger partial charge in [-0.15, -0.1) is 0 Å². The molecule has 2 atom stereocenters. The van der Waals surface area contributed by atoms with Crippen LogP contribution in [0, 0.1) is 5.82 Å². The Bertz CT molecular complexity index is 654. The van der Waals surface area contributed by atoms with Gasteiger partial charge in [-0.1, -0.05) is 45.2 Å². The van der Waals surface area contributed by atoms with E-state index in [1.54, 1.807) is 24.3 Å². The fourth-order valence-electron chi connectivity index (χ4n) is 2.19. The zero-order chi connectivity index (χ0) is 15.6. The van der Waals surface area contributed by atoms with Crippen LogP contribution in [-0.4, -0.2) is 11.7 Å². The molecule has 0 saturated carbocycles. The second-order valence-corrected chi connectivity index (χ2v) is 6.32. The van der Waals surface area contributed by atoms with Gasteiger partial charge in [-0.3, -0.25) is 0 Å². The second kappa shape index (κ2) is 7.07. The van der Waals surface area contributed by atoms with E-state index >= 15 is 0 Å². The summed E-state index contributed by atoms with van der Waals surface area (Å²) in [5.74, 6) is -0.891. The third kappa shape index (κ3) is 3.76. The molecule has 0 aromatic heterocycles. The van der Waals surface area contributed by atoms with E-state index in [1.165, 1.54) is 12.1 Å². The van der Waals surface area contributed by atoms with E-state index in [0.717, 1.165) is 0 Å². The van der Waals surface area contributed by atoms with Gasteiger partial charge in [-0.2, -0.15) is 0 Å². The van der Waals surface area contributed by atoms with Crippen molar-refractivity contribution in [2.24, 2.45) is 5.73 Å². The van der Waals surface area contributed by atoms with Crippen LogP contribution in [0.25, 0.3) is 0 Å². The second-order valence-electron chi connectivity index (χ2n) is 4.62. The normalized spacial score (nSPS) is 14.0. The molecule has 2 aromatic rings. The number of hydrogen-bond acceptors (Lipinski definition) is 2. The van der Waals surface area contributed by atoms with Gasteiger partial charge in [0.05, 0.1) is 6.10 Å². The van der Waals surface area contributed by atoms with Crippen molar-refractivity contribution in [2.75, 3.05) is 6.54 Å². The van der Waals surface area contributed by atoms with Gasteiger partial charge >= 0.3 is 0 Å². The molecule has 0 aliphatic carbocycles. The minimum absolute atomic E-state index is 0.158. The van der Waals surface area contributed by atoms with E-state index in [9.17, 15) is 9.50 Å². The molecule has 112 valence electrons. The Morgan fingerprint density at radius 3 is 2.48 bits per heavy atom. The Hall–Kier alpha value is -0.650. The van der Waals surface area contributed by atoms with Crippen molar-refractivity contribution >= 4 is 39.1 Å². The molecule has 6 heteroatoms. The van der Waals surface area contributed by atoms with Gasteiger partial charge in [0.25, 0.3) is 0 Å². The SMILES string of the molecule is NCC(c1ccc(Cl)cc1Cl)C(O)c1cc(F)ccc1Br. The molecule has 0 radical (unpaired) electrons. The van der Waals surface area contributed by atoms with Gasteiger partial charge in [0.1, 0.15) is 5.82 Å². The van der Waals surface area contributed by atoms with Gasteiger partial charge < -0.3 is 10.8 Å². The van der Waals surface area contributed by atoms with E-state index < -0.39 is 17.8 Å². The molecular formula is C15H13BrCl2FNO. The Morgan fingerprint density at radius 2 is 1.86 bits per heavy atom. The lowest BCUT2D eigenvalue weighted by molar-refractivity contribution is 0.146. The highest BCUT2D eigenvalue weighted by Gasteiger charge is 2.25. The fourth-order valence-corrected chi connectivity index (χ4v) is 3.22. The minimum Gasteiger partial charge on any atom is -0.388 e. The van der Waals surface area contributed by atoms with Crippen molar-refractivity contribution in [3.8, 4) is 0 Å². The molecule has 0 saturated heterocycles. The number of benzene rings is 2. The molecule has 2 rings (SSSR count). The van der Waals surface area contributed by atoms with Crippen LogP contribution >= 0.6 is 39.1 Å². The summed E-state index contributed by atoms with van der Waals surface area (Å²) in [6, 6.07) is 9.13. The van der Waals surface area contributed by atoms with Crippen molar-refractivity contribution in [1.82, 2.24) is 0 Å². The highest BCUT2D eigenvalue weighted by molar-refractivity contribution is 9.10. The summed E-state index contributed by atoms with van der Waals surface area (Å²) in [4.78, 5) is 0. The largest absolute Gasteiger partial charge is 0.388 e. The van der Waals surface area contributed by atoms with Crippen LogP contribution in [0.3, 0.4) is 0 Å². The summed E-state index contributed by atoms with van der Waals surface area (Å²) in [5, 5.41) is 11.5. The van der Waals surface area contributed by atoms with E-state index in [1.807, 2.05) is 0 Å². The first-order chi connectivity index (χ1) is 9.93. The molecular weight excluding hydrogens is 380 g/mol. The maximum atomic E-state index is 13.4. The molecule has 0 heterocycles. The first kappa shape index (κ1) is 16.7. The van der Waals surface area contributed by atoms with Crippen LogP contribution < -0.4 is 5.73 Å². The molecule has 2 aromatic carbocycles. The Labute approximate surface area is 140 Å². The molecule has 0 fully saturated rings. The van der Waals surface area contributed by atoms with Crippen molar-refractivity contribution in [3.63, 3.8) is 0 Å². The van der Waals surface area contributed by atoms with Crippen LogP contribution in [0.1, 0.15) is 23.1 Å². The smallest absolute Gasteiger partial charge is 0.123 e. The molecule has 2 nitrogen and oxygen atoms in total. The van der Waals surface area contributed by atoms with Crippen LogP contribution in [0.15, 0.2) is 40.9 Å². The number of aliphatic hydroxyl groups excluding tert-OH is 1. The number of nitrogens with two attached hydrogens (primary N) is 1. The van der Waals surface area contributed by atoms with Crippen molar-refractivity contribution in [2.45, 2.75) is 12.0 Å². The zero-order valence-electron chi connectivity index (χ0n) is 10.9. The predicted molar refractivity (Wildman–Crippen MR) is 87.3 cm³/mol. The zero-order valence-corrected chi connectivity index (χ0v) is 14.0. The summed E-state index contributed by atoms with van der Waals surface area (Å²) in [5.41, 5.74) is 6.88. The lowest BCUT2D eigenvalue weighted by atomic mass is 9.89. The Balaban J connectivity index is 2.43. The van der Waals surface area contributed by atoms with Crippen LogP contribution in [0.5, 0.6) is 0 Å². The maximum absolute atomic E-state index is 13.4. The molecule has 0 amide bonds. The van der Waals surface area contributed by atoms with E-state index in [-0.39, 0.29) is 6.54 Å². The number of hydrogen-bond donors (Lipinski definition) is 2. The molecule has 0 aliphatic rings. The lowest BCUT2D eigenvalue weighted by Gasteiger charge is -2.24. The van der Waals surface area contributed by atoms with Crippen molar-refractivity contribution in [1.29, 1.82) is 0 Å². The van der Waals surface area contributed by atoms with Gasteiger partial charge in [0.2, 0.25) is 0 Å². The molecule has 21 heavy (non-hydrogen) atoms.